The lowest BCUT2D eigenvalue weighted by atomic mass is 10.1. The number of nitrogens with one attached hydrogen (secondary N) is 2. The lowest BCUT2D eigenvalue weighted by Gasteiger charge is -2.16. The van der Waals surface area contributed by atoms with Crippen molar-refractivity contribution >= 4 is 23.8 Å². The number of benzene rings is 2. The van der Waals surface area contributed by atoms with E-state index in [1.54, 1.807) is 12.1 Å². The van der Waals surface area contributed by atoms with Gasteiger partial charge < -0.3 is 29.6 Å². The largest absolute Gasteiger partial charge is 0.490 e. The lowest BCUT2D eigenvalue weighted by Crippen LogP contribution is -2.45. The molecule has 0 spiro atoms. The maximum Gasteiger partial charge on any atom is 0.328 e. The number of ether oxygens (including phenoxy) is 4. The molecule has 2 N–H and O–H groups in total. The molecule has 0 heterocycles. The summed E-state index contributed by atoms with van der Waals surface area (Å²) in [4.78, 5) is 48.6. The van der Waals surface area contributed by atoms with Crippen molar-refractivity contribution in [1.29, 1.82) is 0 Å². The highest BCUT2D eigenvalue weighted by Crippen LogP contribution is 2.28. The van der Waals surface area contributed by atoms with Gasteiger partial charge in [0.25, 0.3) is 11.8 Å². The first-order valence-corrected chi connectivity index (χ1v) is 11.1. The average Bonchev–Trinajstić information content (AvgIpc) is 2.87. The third-order valence-electron chi connectivity index (χ3n) is 4.67. The zero-order valence-corrected chi connectivity index (χ0v) is 20.0. The predicted molar refractivity (Wildman–Crippen MR) is 126 cm³/mol. The Morgan fingerprint density at radius 1 is 0.914 bits per heavy atom. The molecule has 0 bridgehead atoms. The third kappa shape index (κ3) is 9.00. The van der Waals surface area contributed by atoms with Gasteiger partial charge in [-0.05, 0) is 37.6 Å². The van der Waals surface area contributed by atoms with E-state index >= 15 is 0 Å². The number of esters is 2. The normalized spacial score (nSPS) is 11.1. The summed E-state index contributed by atoms with van der Waals surface area (Å²) >= 11 is 0. The molecule has 0 radical (unpaired) electrons. The summed E-state index contributed by atoms with van der Waals surface area (Å²) in [6.07, 6.45) is 0.217. The highest BCUT2D eigenvalue weighted by Gasteiger charge is 2.22. The molecule has 0 saturated heterocycles. The van der Waals surface area contributed by atoms with Crippen LogP contribution < -0.4 is 20.1 Å². The quantitative estimate of drug-likeness (QED) is 0.409. The monoisotopic (exact) mass is 486 g/mol. The van der Waals surface area contributed by atoms with E-state index in [0.717, 1.165) is 5.56 Å². The van der Waals surface area contributed by atoms with Crippen molar-refractivity contribution < 1.29 is 38.1 Å². The van der Waals surface area contributed by atoms with Crippen molar-refractivity contribution in [2.24, 2.45) is 0 Å². The second-order valence-corrected chi connectivity index (χ2v) is 7.20. The molecular formula is C25H30N2O8. The fourth-order valence-electron chi connectivity index (χ4n) is 3.07. The molecule has 35 heavy (non-hydrogen) atoms. The fourth-order valence-corrected chi connectivity index (χ4v) is 3.07. The molecule has 0 aliphatic heterocycles. The van der Waals surface area contributed by atoms with Crippen molar-refractivity contribution in [3.8, 4) is 11.5 Å². The predicted octanol–water partition coefficient (Wildman–Crippen LogP) is 1.66. The standard InChI is InChI=1S/C25H30N2O8/c1-4-33-20-12-11-18(14-21(20)34-5-2)24(30)26-15-23(29)35-16-22(28)27-19(25(31)32-3)13-17-9-7-6-8-10-17/h6-12,14,19H,4-5,13,15-16H2,1-3H3,(H,26,30)(H,27,28). The van der Waals surface area contributed by atoms with Crippen molar-refractivity contribution in [2.45, 2.75) is 26.3 Å². The van der Waals surface area contributed by atoms with Crippen LogP contribution in [0.25, 0.3) is 0 Å². The number of hydrogen-bond acceptors (Lipinski definition) is 8. The SMILES string of the molecule is CCOc1ccc(C(=O)NCC(=O)OCC(=O)NC(Cc2ccccc2)C(=O)OC)cc1OCC. The molecule has 1 atom stereocenters. The van der Waals surface area contributed by atoms with Gasteiger partial charge >= 0.3 is 11.9 Å². The summed E-state index contributed by atoms with van der Waals surface area (Å²) in [6, 6.07) is 12.8. The van der Waals surface area contributed by atoms with Gasteiger partial charge in [0.2, 0.25) is 0 Å². The van der Waals surface area contributed by atoms with Crippen LogP contribution in [0.5, 0.6) is 11.5 Å². The van der Waals surface area contributed by atoms with Gasteiger partial charge in [-0.3, -0.25) is 14.4 Å². The molecule has 0 fully saturated rings. The molecule has 0 aliphatic carbocycles. The van der Waals surface area contributed by atoms with Gasteiger partial charge in [0.15, 0.2) is 18.1 Å². The maximum atomic E-state index is 12.4. The lowest BCUT2D eigenvalue weighted by molar-refractivity contribution is -0.149. The minimum atomic E-state index is -0.938. The fraction of sp³-hybridized carbons (Fsp3) is 0.360. The highest BCUT2D eigenvalue weighted by molar-refractivity contribution is 5.96. The summed E-state index contributed by atoms with van der Waals surface area (Å²) in [5, 5.41) is 4.92. The smallest absolute Gasteiger partial charge is 0.328 e. The number of hydrogen-bond donors (Lipinski definition) is 2. The summed E-state index contributed by atoms with van der Waals surface area (Å²) in [5.41, 5.74) is 1.09. The molecular weight excluding hydrogens is 456 g/mol. The first kappa shape index (κ1) is 27.2. The van der Waals surface area contributed by atoms with Gasteiger partial charge in [-0.15, -0.1) is 0 Å². The first-order chi connectivity index (χ1) is 16.9. The van der Waals surface area contributed by atoms with Crippen LogP contribution in [-0.4, -0.2) is 63.3 Å². The minimum absolute atomic E-state index is 0.217. The topological polar surface area (TPSA) is 129 Å². The van der Waals surface area contributed by atoms with Crippen molar-refractivity contribution in [3.05, 3.63) is 59.7 Å². The molecule has 0 aliphatic rings. The van der Waals surface area contributed by atoms with E-state index in [0.29, 0.717) is 24.7 Å². The summed E-state index contributed by atoms with van der Waals surface area (Å²) < 4.78 is 20.6. The molecule has 1 unspecified atom stereocenters. The molecule has 2 aromatic rings. The summed E-state index contributed by atoms with van der Waals surface area (Å²) in [6.45, 7) is 3.41. The van der Waals surface area contributed by atoms with E-state index < -0.39 is 42.9 Å². The second kappa shape index (κ2) is 14.2. The number of methoxy groups -OCH3 is 1. The Hall–Kier alpha value is -4.08. The highest BCUT2D eigenvalue weighted by atomic mass is 16.5. The molecule has 0 saturated carbocycles. The Labute approximate surface area is 203 Å². The van der Waals surface area contributed by atoms with Crippen LogP contribution in [0.4, 0.5) is 0 Å². The van der Waals surface area contributed by atoms with Crippen LogP contribution in [0.3, 0.4) is 0 Å². The maximum absolute atomic E-state index is 12.4. The van der Waals surface area contributed by atoms with E-state index in [4.69, 9.17) is 18.9 Å². The molecule has 2 aromatic carbocycles. The number of rotatable bonds is 13. The van der Waals surface area contributed by atoms with Crippen molar-refractivity contribution in [3.63, 3.8) is 0 Å². The molecule has 2 amide bonds. The van der Waals surface area contributed by atoms with E-state index in [2.05, 4.69) is 10.6 Å². The molecule has 188 valence electrons. The summed E-state index contributed by atoms with van der Waals surface area (Å²) in [7, 11) is 1.22. The van der Waals surface area contributed by atoms with Crippen molar-refractivity contribution in [2.75, 3.05) is 33.5 Å². The van der Waals surface area contributed by atoms with Crippen molar-refractivity contribution in [1.82, 2.24) is 10.6 Å². The van der Waals surface area contributed by atoms with Gasteiger partial charge in [-0.2, -0.15) is 0 Å². The van der Waals surface area contributed by atoms with Crippen LogP contribution in [0.1, 0.15) is 29.8 Å². The van der Waals surface area contributed by atoms with Crippen LogP contribution in [0.2, 0.25) is 0 Å². The Bertz CT molecular complexity index is 1010. The number of carbonyl (C=O) groups excluding carboxylic acids is 4. The summed E-state index contributed by atoms with van der Waals surface area (Å²) in [5.74, 6) is -1.72. The second-order valence-electron chi connectivity index (χ2n) is 7.20. The van der Waals surface area contributed by atoms with Gasteiger partial charge in [-0.25, -0.2) is 4.79 Å². The van der Waals surface area contributed by atoms with Gasteiger partial charge in [0.05, 0.1) is 20.3 Å². The Morgan fingerprint density at radius 2 is 1.60 bits per heavy atom. The van der Waals surface area contributed by atoms with E-state index in [1.807, 2.05) is 44.2 Å². The molecule has 10 nitrogen and oxygen atoms in total. The van der Waals surface area contributed by atoms with Crippen LogP contribution in [0, 0.1) is 0 Å². The Kier molecular flexibility index (Phi) is 11.1. The number of amides is 2. The molecule has 10 heteroatoms. The molecule has 0 aromatic heterocycles. The minimum Gasteiger partial charge on any atom is -0.490 e. The van der Waals surface area contributed by atoms with Gasteiger partial charge in [0, 0.05) is 12.0 Å². The van der Waals surface area contributed by atoms with Crippen LogP contribution in [0.15, 0.2) is 48.5 Å². The Morgan fingerprint density at radius 3 is 2.26 bits per heavy atom. The van der Waals surface area contributed by atoms with E-state index in [-0.39, 0.29) is 12.0 Å². The van der Waals surface area contributed by atoms with Crippen LogP contribution >= 0.6 is 0 Å². The Balaban J connectivity index is 1.84. The van der Waals surface area contributed by atoms with Crippen LogP contribution in [-0.2, 0) is 30.3 Å². The van der Waals surface area contributed by atoms with E-state index in [1.165, 1.54) is 13.2 Å². The third-order valence-corrected chi connectivity index (χ3v) is 4.67. The van der Waals surface area contributed by atoms with Gasteiger partial charge in [-0.1, -0.05) is 30.3 Å². The number of carbonyl (C=O) groups is 4. The zero-order chi connectivity index (χ0) is 25.6. The van der Waals surface area contributed by atoms with E-state index in [9.17, 15) is 19.2 Å². The first-order valence-electron chi connectivity index (χ1n) is 11.1. The molecule has 2 rings (SSSR count). The van der Waals surface area contributed by atoms with Gasteiger partial charge in [0.1, 0.15) is 12.6 Å². The zero-order valence-electron chi connectivity index (χ0n) is 20.0. The average molecular weight is 487 g/mol.